The molecule has 2 nitrogen and oxygen atoms in total. The molecule has 2 rings (SSSR count). The molecule has 0 aliphatic carbocycles. The second kappa shape index (κ2) is 5.09. The van der Waals surface area contributed by atoms with Crippen LogP contribution in [-0.2, 0) is 9.24 Å². The van der Waals surface area contributed by atoms with Crippen LogP contribution in [0, 0.1) is 0 Å². The Hall–Kier alpha value is -1.70. The molecule has 17 heavy (non-hydrogen) atoms. The first-order chi connectivity index (χ1) is 8.27. The summed E-state index contributed by atoms with van der Waals surface area (Å²) in [7, 11) is 0. The lowest BCUT2D eigenvalue weighted by Crippen LogP contribution is -2.16. The molecule has 0 amide bonds. The van der Waals surface area contributed by atoms with Crippen molar-refractivity contribution < 1.29 is 4.79 Å². The number of carbonyl (C=O) groups excluding carboxylic acids is 1. The molecule has 0 N–H and O–H groups in total. The van der Waals surface area contributed by atoms with E-state index >= 15 is 0 Å². The van der Waals surface area contributed by atoms with Crippen LogP contribution in [0.15, 0.2) is 65.7 Å². The maximum Gasteiger partial charge on any atom is 0.237 e. The Morgan fingerprint density at radius 2 is 1.29 bits per heavy atom. The SMILES string of the molecule is O=C=NC(Br)(c1ccccc1)c1ccccc1. The highest BCUT2D eigenvalue weighted by molar-refractivity contribution is 9.09. The molecule has 0 radical (unpaired) electrons. The van der Waals surface area contributed by atoms with Gasteiger partial charge in [-0.15, -0.1) is 0 Å². The summed E-state index contributed by atoms with van der Waals surface area (Å²) >= 11 is 3.53. The molecule has 0 fully saturated rings. The zero-order chi connectivity index (χ0) is 12.1. The average molecular weight is 288 g/mol. The molecule has 0 heterocycles. The molecule has 84 valence electrons. The molecule has 0 saturated heterocycles. The van der Waals surface area contributed by atoms with Crippen LogP contribution in [0.25, 0.3) is 0 Å². The van der Waals surface area contributed by atoms with Crippen molar-refractivity contribution in [3.63, 3.8) is 0 Å². The Bertz CT molecular complexity index is 493. The molecule has 3 heteroatoms. The molecule has 0 atom stereocenters. The molecule has 0 saturated carbocycles. The molecule has 0 spiro atoms. The molecular weight excluding hydrogens is 278 g/mol. The fourth-order valence-electron chi connectivity index (χ4n) is 1.68. The summed E-state index contributed by atoms with van der Waals surface area (Å²) in [6, 6.07) is 19.2. The first-order valence-corrected chi connectivity index (χ1v) is 5.95. The van der Waals surface area contributed by atoms with Crippen LogP contribution in [-0.4, -0.2) is 6.08 Å². The van der Waals surface area contributed by atoms with Gasteiger partial charge in [-0.2, -0.15) is 4.99 Å². The van der Waals surface area contributed by atoms with E-state index in [1.54, 1.807) is 6.08 Å². The summed E-state index contributed by atoms with van der Waals surface area (Å²) in [5.41, 5.74) is 1.80. The van der Waals surface area contributed by atoms with Crippen LogP contribution < -0.4 is 0 Å². The minimum Gasteiger partial charge on any atom is -0.211 e. The van der Waals surface area contributed by atoms with Crippen molar-refractivity contribution in [2.45, 2.75) is 4.45 Å². The number of benzene rings is 2. The molecule has 2 aromatic rings. The normalized spacial score (nSPS) is 10.6. The van der Waals surface area contributed by atoms with E-state index in [1.807, 2.05) is 60.7 Å². The van der Waals surface area contributed by atoms with E-state index in [9.17, 15) is 4.79 Å². The first kappa shape index (κ1) is 11.8. The maximum absolute atomic E-state index is 10.6. The topological polar surface area (TPSA) is 29.4 Å². The number of isocyanates is 1. The standard InChI is InChI=1S/C14H10BrNO/c15-14(16-11-17,12-7-3-1-4-8-12)13-9-5-2-6-10-13/h1-10H. The van der Waals surface area contributed by atoms with E-state index in [4.69, 9.17) is 0 Å². The molecule has 0 unspecified atom stereocenters. The van der Waals surface area contributed by atoms with E-state index in [1.165, 1.54) is 0 Å². The van der Waals surface area contributed by atoms with Gasteiger partial charge >= 0.3 is 0 Å². The summed E-state index contributed by atoms with van der Waals surface area (Å²) in [4.78, 5) is 14.6. The van der Waals surface area contributed by atoms with Gasteiger partial charge in [0.1, 0.15) is 0 Å². The Morgan fingerprint density at radius 1 is 0.882 bits per heavy atom. The lowest BCUT2D eigenvalue weighted by atomic mass is 9.99. The van der Waals surface area contributed by atoms with Crippen molar-refractivity contribution in [3.8, 4) is 0 Å². The van der Waals surface area contributed by atoms with Crippen molar-refractivity contribution in [3.05, 3.63) is 71.8 Å². The molecule has 0 aliphatic heterocycles. The number of rotatable bonds is 3. The molecular formula is C14H10BrNO. The highest BCUT2D eigenvalue weighted by Crippen LogP contribution is 2.39. The van der Waals surface area contributed by atoms with Crippen molar-refractivity contribution in [2.75, 3.05) is 0 Å². The van der Waals surface area contributed by atoms with Crippen LogP contribution in [0.5, 0.6) is 0 Å². The van der Waals surface area contributed by atoms with E-state index in [-0.39, 0.29) is 0 Å². The Labute approximate surface area is 108 Å². The lowest BCUT2D eigenvalue weighted by Gasteiger charge is -2.22. The van der Waals surface area contributed by atoms with Gasteiger partial charge in [-0.3, -0.25) is 0 Å². The van der Waals surface area contributed by atoms with Crippen LogP contribution in [0.3, 0.4) is 0 Å². The van der Waals surface area contributed by atoms with Crippen LogP contribution in [0.2, 0.25) is 0 Å². The molecule has 0 aromatic heterocycles. The second-order valence-electron chi connectivity index (χ2n) is 3.56. The third kappa shape index (κ3) is 2.36. The van der Waals surface area contributed by atoms with Gasteiger partial charge in [-0.25, -0.2) is 4.79 Å². The maximum atomic E-state index is 10.6. The summed E-state index contributed by atoms with van der Waals surface area (Å²) < 4.78 is -0.850. The summed E-state index contributed by atoms with van der Waals surface area (Å²) in [6.07, 6.45) is 1.63. The van der Waals surface area contributed by atoms with Crippen LogP contribution >= 0.6 is 15.9 Å². The van der Waals surface area contributed by atoms with Gasteiger partial charge in [0.15, 0.2) is 4.45 Å². The second-order valence-corrected chi connectivity index (χ2v) is 4.70. The van der Waals surface area contributed by atoms with Gasteiger partial charge in [0.05, 0.1) is 0 Å². The number of alkyl halides is 1. The van der Waals surface area contributed by atoms with Crippen LogP contribution in [0.1, 0.15) is 11.1 Å². The Kier molecular flexibility index (Phi) is 3.52. The summed E-state index contributed by atoms with van der Waals surface area (Å²) in [5.74, 6) is 0. The van der Waals surface area contributed by atoms with E-state index in [0.29, 0.717) is 0 Å². The Balaban J connectivity index is 2.59. The van der Waals surface area contributed by atoms with E-state index < -0.39 is 4.45 Å². The average Bonchev–Trinajstić information content (AvgIpc) is 2.41. The molecule has 2 aromatic carbocycles. The van der Waals surface area contributed by atoms with Gasteiger partial charge in [-0.05, 0) is 27.1 Å². The third-order valence-corrected chi connectivity index (χ3v) is 3.61. The smallest absolute Gasteiger partial charge is 0.211 e. The van der Waals surface area contributed by atoms with Crippen molar-refractivity contribution in [1.82, 2.24) is 0 Å². The highest BCUT2D eigenvalue weighted by Gasteiger charge is 2.30. The molecule has 0 bridgehead atoms. The van der Waals surface area contributed by atoms with E-state index in [0.717, 1.165) is 11.1 Å². The predicted octanol–water partition coefficient (Wildman–Crippen LogP) is 3.62. The number of halogens is 1. The molecule has 0 aliphatic rings. The summed E-state index contributed by atoms with van der Waals surface area (Å²) in [5, 5.41) is 0. The van der Waals surface area contributed by atoms with Gasteiger partial charge in [0.25, 0.3) is 0 Å². The zero-order valence-electron chi connectivity index (χ0n) is 9.01. The third-order valence-electron chi connectivity index (χ3n) is 2.51. The predicted molar refractivity (Wildman–Crippen MR) is 70.7 cm³/mol. The zero-order valence-corrected chi connectivity index (χ0v) is 10.6. The monoisotopic (exact) mass is 287 g/mol. The number of hydrogen-bond donors (Lipinski definition) is 0. The Morgan fingerprint density at radius 3 is 1.65 bits per heavy atom. The van der Waals surface area contributed by atoms with Crippen molar-refractivity contribution in [1.29, 1.82) is 0 Å². The first-order valence-electron chi connectivity index (χ1n) is 5.16. The minimum absolute atomic E-state index is 0.850. The lowest BCUT2D eigenvalue weighted by molar-refractivity contribution is 0.559. The minimum atomic E-state index is -0.850. The van der Waals surface area contributed by atoms with Crippen LogP contribution in [0.4, 0.5) is 0 Å². The van der Waals surface area contributed by atoms with Gasteiger partial charge in [0, 0.05) is 0 Å². The van der Waals surface area contributed by atoms with E-state index in [2.05, 4.69) is 20.9 Å². The fraction of sp³-hybridized carbons (Fsp3) is 0.0714. The number of hydrogen-bond acceptors (Lipinski definition) is 2. The van der Waals surface area contributed by atoms with Crippen molar-refractivity contribution in [2.24, 2.45) is 4.99 Å². The number of aliphatic imine (C=N–C) groups is 1. The van der Waals surface area contributed by atoms with Gasteiger partial charge in [-0.1, -0.05) is 60.7 Å². The number of nitrogens with zero attached hydrogens (tertiary/aromatic N) is 1. The van der Waals surface area contributed by atoms with Crippen molar-refractivity contribution >= 4 is 22.0 Å². The quantitative estimate of drug-likeness (QED) is 0.367. The highest BCUT2D eigenvalue weighted by atomic mass is 79.9. The largest absolute Gasteiger partial charge is 0.237 e. The van der Waals surface area contributed by atoms with Gasteiger partial charge in [0.2, 0.25) is 6.08 Å². The van der Waals surface area contributed by atoms with Gasteiger partial charge < -0.3 is 0 Å². The summed E-state index contributed by atoms with van der Waals surface area (Å²) in [6.45, 7) is 0. The fourth-order valence-corrected chi connectivity index (χ4v) is 2.28.